The zero-order chi connectivity index (χ0) is 28.4. The monoisotopic (exact) mass is 545 g/mol. The number of nitrogens with zero attached hydrogens (tertiary/aromatic N) is 5. The molecule has 40 heavy (non-hydrogen) atoms. The first kappa shape index (κ1) is 27.2. The molecule has 1 fully saturated rings. The Bertz CT molecular complexity index is 1430. The lowest BCUT2D eigenvalue weighted by molar-refractivity contribution is 0.0941. The van der Waals surface area contributed by atoms with Crippen LogP contribution in [0.4, 0.5) is 10.5 Å². The van der Waals surface area contributed by atoms with Crippen molar-refractivity contribution in [2.24, 2.45) is 4.99 Å². The number of methoxy groups -OCH3 is 1. The number of aromatic nitrogens is 3. The number of amides is 3. The highest BCUT2D eigenvalue weighted by atomic mass is 16.5. The van der Waals surface area contributed by atoms with Gasteiger partial charge in [0.05, 0.1) is 31.6 Å². The van der Waals surface area contributed by atoms with E-state index in [0.717, 1.165) is 33.5 Å². The molecule has 1 atom stereocenters. The highest BCUT2D eigenvalue weighted by Crippen LogP contribution is 2.42. The average molecular weight is 546 g/mol. The summed E-state index contributed by atoms with van der Waals surface area (Å²) in [6.45, 7) is 9.70. The van der Waals surface area contributed by atoms with Crippen LogP contribution >= 0.6 is 0 Å². The van der Waals surface area contributed by atoms with E-state index < -0.39 is 0 Å². The molecule has 0 radical (unpaired) electrons. The predicted octanol–water partition coefficient (Wildman–Crippen LogP) is 4.02. The molecule has 11 heteroatoms. The molecular formula is C29H35N7O4. The SMILES string of the molecule is CCOc1cc2c(cc1OC)C1CC(=Nc3c(C)cc(C)cc3C)N(CCNC(=O)c3cn[nH]n3)C(=O)N1CC2. The van der Waals surface area contributed by atoms with Gasteiger partial charge in [0.1, 0.15) is 5.84 Å². The Balaban J connectivity index is 1.49. The number of fused-ring (bicyclic) bond motifs is 3. The van der Waals surface area contributed by atoms with Gasteiger partial charge >= 0.3 is 6.03 Å². The average Bonchev–Trinajstić information content (AvgIpc) is 3.47. The van der Waals surface area contributed by atoms with Crippen molar-refractivity contribution >= 4 is 23.5 Å². The zero-order valence-corrected chi connectivity index (χ0v) is 23.6. The third kappa shape index (κ3) is 5.23. The van der Waals surface area contributed by atoms with Crippen molar-refractivity contribution in [2.75, 3.05) is 33.4 Å². The minimum atomic E-state index is -0.358. The highest BCUT2D eigenvalue weighted by Gasteiger charge is 2.41. The molecule has 1 unspecified atom stereocenters. The summed E-state index contributed by atoms with van der Waals surface area (Å²) in [6.07, 6.45) is 2.60. The second kappa shape index (κ2) is 11.4. The number of aromatic amines is 1. The summed E-state index contributed by atoms with van der Waals surface area (Å²) in [6, 6.07) is 7.91. The molecule has 0 bridgehead atoms. The molecule has 0 spiro atoms. The van der Waals surface area contributed by atoms with E-state index in [-0.39, 0.29) is 36.8 Å². The first-order valence-corrected chi connectivity index (χ1v) is 13.5. The van der Waals surface area contributed by atoms with Gasteiger partial charge in [-0.1, -0.05) is 17.7 Å². The first-order valence-electron chi connectivity index (χ1n) is 13.5. The van der Waals surface area contributed by atoms with Crippen LogP contribution in [0, 0.1) is 20.8 Å². The van der Waals surface area contributed by atoms with Crippen molar-refractivity contribution in [3.8, 4) is 11.5 Å². The van der Waals surface area contributed by atoms with Gasteiger partial charge in [-0.05, 0) is 68.5 Å². The van der Waals surface area contributed by atoms with E-state index in [0.29, 0.717) is 43.3 Å². The van der Waals surface area contributed by atoms with Gasteiger partial charge in [0.2, 0.25) is 0 Å². The smallest absolute Gasteiger partial charge is 0.326 e. The predicted molar refractivity (Wildman–Crippen MR) is 150 cm³/mol. The number of nitrogens with one attached hydrogen (secondary N) is 2. The van der Waals surface area contributed by atoms with Gasteiger partial charge in [-0.3, -0.25) is 9.69 Å². The molecule has 210 valence electrons. The summed E-state index contributed by atoms with van der Waals surface area (Å²) >= 11 is 0. The zero-order valence-electron chi connectivity index (χ0n) is 23.6. The van der Waals surface area contributed by atoms with Crippen LogP contribution in [0.1, 0.15) is 57.7 Å². The van der Waals surface area contributed by atoms with Crippen LogP contribution in [-0.2, 0) is 6.42 Å². The quantitative estimate of drug-likeness (QED) is 0.441. The first-order chi connectivity index (χ1) is 19.3. The number of hydrogen-bond donors (Lipinski definition) is 2. The maximum atomic E-state index is 14.0. The summed E-state index contributed by atoms with van der Waals surface area (Å²) in [5.41, 5.74) is 6.50. The molecule has 1 aromatic heterocycles. The summed E-state index contributed by atoms with van der Waals surface area (Å²) in [4.78, 5) is 35.1. The largest absolute Gasteiger partial charge is 0.493 e. The molecule has 0 aliphatic carbocycles. The molecule has 2 aromatic carbocycles. The number of carbonyl (C=O) groups excluding carboxylic acids is 2. The Morgan fingerprint density at radius 2 is 1.95 bits per heavy atom. The molecule has 5 rings (SSSR count). The van der Waals surface area contributed by atoms with E-state index in [9.17, 15) is 9.59 Å². The Kier molecular flexibility index (Phi) is 7.72. The number of ether oxygens (including phenoxy) is 2. The van der Waals surface area contributed by atoms with Crippen molar-refractivity contribution in [3.63, 3.8) is 0 Å². The molecule has 3 amide bonds. The number of carbonyl (C=O) groups is 2. The second-order valence-corrected chi connectivity index (χ2v) is 10.1. The van der Waals surface area contributed by atoms with Gasteiger partial charge in [-0.2, -0.15) is 15.4 Å². The molecule has 11 nitrogen and oxygen atoms in total. The van der Waals surface area contributed by atoms with Crippen LogP contribution in [0.2, 0.25) is 0 Å². The number of benzene rings is 2. The van der Waals surface area contributed by atoms with Crippen LogP contribution in [0.3, 0.4) is 0 Å². The lowest BCUT2D eigenvalue weighted by Gasteiger charge is -2.45. The number of urea groups is 1. The van der Waals surface area contributed by atoms with Gasteiger partial charge in [0.25, 0.3) is 5.91 Å². The topological polar surface area (TPSA) is 125 Å². The van der Waals surface area contributed by atoms with E-state index in [1.807, 2.05) is 37.8 Å². The van der Waals surface area contributed by atoms with E-state index in [1.54, 1.807) is 12.0 Å². The molecule has 2 aliphatic heterocycles. The standard InChI is InChI=1S/C29H35N7O4/c1-6-40-25-13-20-7-9-35-23(21(20)14-24(25)39-5)15-26(32-27-18(3)11-17(2)12-19(27)4)36(29(35)38)10-8-30-28(37)22-16-31-34-33-22/h11-14,16,23H,6-10,15H2,1-5H3,(H,30,37)(H,31,33,34). The lowest BCUT2D eigenvalue weighted by Crippen LogP contribution is -2.56. The Morgan fingerprint density at radius 3 is 2.62 bits per heavy atom. The lowest BCUT2D eigenvalue weighted by atomic mass is 9.88. The van der Waals surface area contributed by atoms with Gasteiger partial charge < -0.3 is 19.7 Å². The highest BCUT2D eigenvalue weighted by molar-refractivity contribution is 6.02. The van der Waals surface area contributed by atoms with Crippen molar-refractivity contribution < 1.29 is 19.1 Å². The van der Waals surface area contributed by atoms with Gasteiger partial charge in [0.15, 0.2) is 17.2 Å². The number of hydrogen-bond acceptors (Lipinski definition) is 7. The van der Waals surface area contributed by atoms with Crippen LogP contribution in [-0.4, -0.2) is 76.3 Å². The Hall–Kier alpha value is -4.41. The number of aryl methyl sites for hydroxylation is 3. The van der Waals surface area contributed by atoms with E-state index >= 15 is 0 Å². The van der Waals surface area contributed by atoms with Crippen molar-refractivity contribution in [1.29, 1.82) is 0 Å². The molecule has 3 aromatic rings. The van der Waals surface area contributed by atoms with Gasteiger partial charge in [0, 0.05) is 26.1 Å². The van der Waals surface area contributed by atoms with Gasteiger partial charge in [-0.15, -0.1) is 0 Å². The number of aliphatic imine (C=N–C) groups is 1. The molecule has 0 saturated carbocycles. The number of rotatable bonds is 8. The second-order valence-electron chi connectivity index (χ2n) is 10.1. The van der Waals surface area contributed by atoms with E-state index in [1.165, 1.54) is 6.20 Å². The van der Waals surface area contributed by atoms with Crippen molar-refractivity contribution in [1.82, 2.24) is 30.5 Å². The summed E-state index contributed by atoms with van der Waals surface area (Å²) < 4.78 is 11.5. The van der Waals surface area contributed by atoms with Crippen LogP contribution in [0.5, 0.6) is 11.5 Å². The number of H-pyrrole nitrogens is 1. The molecule has 3 heterocycles. The fourth-order valence-corrected chi connectivity index (χ4v) is 5.63. The third-order valence-electron chi connectivity index (χ3n) is 7.39. The Morgan fingerprint density at radius 1 is 1.18 bits per heavy atom. The summed E-state index contributed by atoms with van der Waals surface area (Å²) in [5.74, 6) is 1.67. The maximum absolute atomic E-state index is 14.0. The molecular weight excluding hydrogens is 510 g/mol. The van der Waals surface area contributed by atoms with Crippen molar-refractivity contribution in [2.45, 2.75) is 46.6 Å². The minimum absolute atomic E-state index is 0.133. The molecule has 2 aliphatic rings. The van der Waals surface area contributed by atoms with Gasteiger partial charge in [-0.25, -0.2) is 9.79 Å². The van der Waals surface area contributed by atoms with Crippen molar-refractivity contribution in [3.05, 3.63) is 64.0 Å². The Labute approximate surface area is 233 Å². The third-order valence-corrected chi connectivity index (χ3v) is 7.39. The summed E-state index contributed by atoms with van der Waals surface area (Å²) in [5, 5.41) is 12.8. The summed E-state index contributed by atoms with van der Waals surface area (Å²) in [7, 11) is 1.63. The van der Waals surface area contributed by atoms with Crippen LogP contribution in [0.25, 0.3) is 0 Å². The fourth-order valence-electron chi connectivity index (χ4n) is 5.63. The van der Waals surface area contributed by atoms with Crippen LogP contribution < -0.4 is 14.8 Å². The minimum Gasteiger partial charge on any atom is -0.493 e. The molecule has 2 N–H and O–H groups in total. The van der Waals surface area contributed by atoms with E-state index in [4.69, 9.17) is 14.5 Å². The normalized spacial score (nSPS) is 17.5. The molecule has 1 saturated heterocycles. The van der Waals surface area contributed by atoms with Crippen LogP contribution in [0.15, 0.2) is 35.5 Å². The van der Waals surface area contributed by atoms with E-state index in [2.05, 4.69) is 39.8 Å². The fraction of sp³-hybridized carbons (Fsp3) is 0.414. The maximum Gasteiger partial charge on any atom is 0.326 e. The number of amidine groups is 1.